The molecule has 1 fully saturated rings. The number of aliphatic hydroxyl groups is 1. The molecule has 286 valence electrons. The molecule has 0 radical (unpaired) electrons. The number of fused-ring (bicyclic) bond motifs is 4. The van der Waals surface area contributed by atoms with Gasteiger partial charge in [0, 0.05) is 39.6 Å². The summed E-state index contributed by atoms with van der Waals surface area (Å²) in [4.78, 5) is 11.2. The van der Waals surface area contributed by atoms with E-state index in [1.807, 2.05) is 36.4 Å². The zero-order chi connectivity index (χ0) is 38.8. The Morgan fingerprint density at radius 2 is 1.07 bits per heavy atom. The minimum Gasteiger partial charge on any atom is -0.399 e. The molecular formula is C44H50BBr3O6. The lowest BCUT2D eigenvalue weighted by Crippen LogP contribution is -2.41. The maximum Gasteiger partial charge on any atom is 0.495 e. The molecule has 4 aliphatic carbocycles. The molecule has 1 saturated heterocycles. The second-order valence-corrected chi connectivity index (χ2v) is 18.0. The van der Waals surface area contributed by atoms with Gasteiger partial charge in [0.25, 0.3) is 0 Å². The lowest BCUT2D eigenvalue weighted by molar-refractivity contribution is 0.00578. The largest absolute Gasteiger partial charge is 0.495 e. The maximum atomic E-state index is 11.2. The lowest BCUT2D eigenvalue weighted by Gasteiger charge is -2.32. The van der Waals surface area contributed by atoms with Crippen molar-refractivity contribution < 1.29 is 28.7 Å². The van der Waals surface area contributed by atoms with E-state index < -0.39 is 0 Å². The van der Waals surface area contributed by atoms with Crippen LogP contribution in [0.5, 0.6) is 0 Å². The van der Waals surface area contributed by atoms with E-state index in [1.165, 1.54) is 43.3 Å². The summed E-state index contributed by atoms with van der Waals surface area (Å²) in [7, 11) is 3.28. The first-order chi connectivity index (χ1) is 25.8. The number of aliphatic hydroxyl groups excluding tert-OH is 1. The number of methoxy groups -OCH3 is 2. The van der Waals surface area contributed by atoms with E-state index in [-0.39, 0.29) is 36.3 Å². The molecule has 1 heterocycles. The highest BCUT2D eigenvalue weighted by Gasteiger charge is 2.52. The van der Waals surface area contributed by atoms with Gasteiger partial charge in [-0.05, 0) is 135 Å². The normalized spacial score (nSPS) is 22.1. The molecule has 5 aliphatic rings. The average molecular weight is 925 g/mol. The molecule has 9 rings (SSSR count). The Morgan fingerprint density at radius 3 is 1.63 bits per heavy atom. The molecule has 4 aromatic carbocycles. The van der Waals surface area contributed by atoms with Crippen LogP contribution in [0.25, 0.3) is 0 Å². The van der Waals surface area contributed by atoms with Gasteiger partial charge in [0.15, 0.2) is 5.78 Å². The smallest absolute Gasteiger partial charge is 0.399 e. The van der Waals surface area contributed by atoms with Crippen LogP contribution in [0, 0.1) is 0 Å². The highest BCUT2D eigenvalue weighted by molar-refractivity contribution is 9.11. The summed E-state index contributed by atoms with van der Waals surface area (Å²) >= 11 is 10.4. The number of hydrogen-bond acceptors (Lipinski definition) is 6. The minimum atomic E-state index is -0.292. The Morgan fingerprint density at radius 1 is 0.611 bits per heavy atom. The van der Waals surface area contributed by atoms with Crippen molar-refractivity contribution in [2.24, 2.45) is 0 Å². The van der Waals surface area contributed by atoms with Gasteiger partial charge in [-0.1, -0.05) is 102 Å². The summed E-state index contributed by atoms with van der Waals surface area (Å²) in [6.07, 6.45) is 8.08. The van der Waals surface area contributed by atoms with Gasteiger partial charge in [-0.3, -0.25) is 4.79 Å². The van der Waals surface area contributed by atoms with Crippen molar-refractivity contribution in [1.29, 1.82) is 0 Å². The zero-order valence-electron chi connectivity index (χ0n) is 32.0. The Balaban J connectivity index is 0.000000128. The van der Waals surface area contributed by atoms with Gasteiger partial charge in [-0.15, -0.1) is 0 Å². The molecule has 3 unspecified atom stereocenters. The Kier molecular flexibility index (Phi) is 13.5. The predicted molar refractivity (Wildman–Crippen MR) is 227 cm³/mol. The van der Waals surface area contributed by atoms with Crippen LogP contribution in [-0.2, 0) is 44.5 Å². The topological polar surface area (TPSA) is 74.2 Å². The third kappa shape index (κ3) is 8.71. The molecule has 6 nitrogen and oxygen atoms in total. The molecule has 0 spiro atoms. The van der Waals surface area contributed by atoms with Crippen LogP contribution >= 0.6 is 47.8 Å². The van der Waals surface area contributed by atoms with Crippen molar-refractivity contribution in [2.75, 3.05) is 14.2 Å². The maximum absolute atomic E-state index is 11.2. The lowest BCUT2D eigenvalue weighted by atomic mass is 9.75. The summed E-state index contributed by atoms with van der Waals surface area (Å²) in [5, 5.41) is 9.48. The van der Waals surface area contributed by atoms with E-state index in [0.29, 0.717) is 12.5 Å². The van der Waals surface area contributed by atoms with Crippen LogP contribution in [0.15, 0.2) is 86.2 Å². The number of benzene rings is 4. The Labute approximate surface area is 346 Å². The SMILES string of the molecule is COC1CCc2c(B3OC(C)(C)C(C)(C)O3)cccc21.COC1CCc2c(Br)cccc21.O=C1CCc2c(Br)cccc21.OC1CCc2c(Br)cccc21. The van der Waals surface area contributed by atoms with E-state index in [4.69, 9.17) is 18.8 Å². The number of rotatable bonds is 3. The zero-order valence-corrected chi connectivity index (χ0v) is 36.8. The molecule has 0 amide bonds. The fraction of sp³-hybridized carbons (Fsp3) is 0.432. The van der Waals surface area contributed by atoms with Gasteiger partial charge in [0.2, 0.25) is 0 Å². The molecular weight excluding hydrogens is 875 g/mol. The number of ether oxygens (including phenoxy) is 2. The number of carbonyl (C=O) groups is 1. The second kappa shape index (κ2) is 17.6. The highest BCUT2D eigenvalue weighted by Crippen LogP contribution is 2.40. The number of carbonyl (C=O) groups excluding carboxylic acids is 1. The second-order valence-electron chi connectivity index (χ2n) is 15.4. The summed E-state index contributed by atoms with van der Waals surface area (Å²) in [5.74, 6) is 0.279. The van der Waals surface area contributed by atoms with Gasteiger partial charge >= 0.3 is 7.12 Å². The molecule has 0 aromatic heterocycles. The minimum absolute atomic E-state index is 0.215. The van der Waals surface area contributed by atoms with Crippen LogP contribution in [-0.4, -0.2) is 43.4 Å². The van der Waals surface area contributed by atoms with Crippen molar-refractivity contribution >= 4 is 66.2 Å². The summed E-state index contributed by atoms with van der Waals surface area (Å²) in [6, 6.07) is 24.5. The van der Waals surface area contributed by atoms with E-state index in [1.54, 1.807) is 14.2 Å². The first kappa shape index (κ1) is 41.5. The summed E-state index contributed by atoms with van der Waals surface area (Å²) in [5.41, 5.74) is 10.4. The monoisotopic (exact) mass is 922 g/mol. The number of halogens is 3. The van der Waals surface area contributed by atoms with Gasteiger partial charge in [0.1, 0.15) is 0 Å². The Hall–Kier alpha value is -2.15. The Bertz CT molecular complexity index is 1960. The van der Waals surface area contributed by atoms with Crippen molar-refractivity contribution in [3.05, 3.63) is 131 Å². The summed E-state index contributed by atoms with van der Waals surface area (Å²) in [6.45, 7) is 8.37. The molecule has 1 aliphatic heterocycles. The molecule has 3 atom stereocenters. The summed E-state index contributed by atoms with van der Waals surface area (Å²) < 4.78 is 26.7. The molecule has 0 saturated carbocycles. The fourth-order valence-corrected chi connectivity index (χ4v) is 9.66. The number of hydrogen-bond donors (Lipinski definition) is 1. The third-order valence-corrected chi connectivity index (χ3v) is 13.9. The van der Waals surface area contributed by atoms with Gasteiger partial charge in [-0.2, -0.15) is 0 Å². The molecule has 10 heteroatoms. The van der Waals surface area contributed by atoms with E-state index in [9.17, 15) is 9.90 Å². The van der Waals surface area contributed by atoms with Crippen LogP contribution in [0.3, 0.4) is 0 Å². The van der Waals surface area contributed by atoms with Crippen LogP contribution in [0.2, 0.25) is 0 Å². The number of ketones is 1. The first-order valence-corrected chi connectivity index (χ1v) is 21.2. The first-order valence-electron chi connectivity index (χ1n) is 18.8. The standard InChI is InChI=1S/C16H23BO3.C10H11BrO.C9H9BrO.C9H7BrO/c1-15(2)16(3,4)20-17(19-15)13-8-6-7-12-11(13)9-10-14(12)18-5;1-12-10-6-5-7-8(10)3-2-4-9(7)11;2*10-8-3-1-2-7-6(8)4-5-9(7)11/h6-8,14H,9-10H2,1-5H3;2-4,10H,5-6H2,1H3;1-3,9,11H,4-5H2;1-3H,4-5H2. The molecule has 0 bridgehead atoms. The van der Waals surface area contributed by atoms with Gasteiger partial charge in [0.05, 0.1) is 29.5 Å². The average Bonchev–Trinajstić information content (AvgIpc) is 3.97. The van der Waals surface area contributed by atoms with Crippen molar-refractivity contribution in [3.63, 3.8) is 0 Å². The predicted octanol–water partition coefficient (Wildman–Crippen LogP) is 10.7. The van der Waals surface area contributed by atoms with E-state index in [0.717, 1.165) is 65.0 Å². The van der Waals surface area contributed by atoms with Crippen LogP contribution in [0.4, 0.5) is 0 Å². The van der Waals surface area contributed by atoms with Gasteiger partial charge in [-0.25, -0.2) is 0 Å². The van der Waals surface area contributed by atoms with Gasteiger partial charge < -0.3 is 23.9 Å². The quantitative estimate of drug-likeness (QED) is 0.206. The van der Waals surface area contributed by atoms with Crippen LogP contribution in [0.1, 0.15) is 121 Å². The van der Waals surface area contributed by atoms with E-state index in [2.05, 4.69) is 112 Å². The van der Waals surface area contributed by atoms with Crippen LogP contribution < -0.4 is 5.46 Å². The van der Waals surface area contributed by atoms with Crippen molar-refractivity contribution in [2.45, 2.75) is 109 Å². The van der Waals surface area contributed by atoms with E-state index >= 15 is 0 Å². The highest BCUT2D eigenvalue weighted by atomic mass is 79.9. The molecule has 54 heavy (non-hydrogen) atoms. The molecule has 4 aromatic rings. The number of Topliss-reactive ketones (excluding diaryl/α,β-unsaturated/α-hetero) is 1. The fourth-order valence-electron chi connectivity index (χ4n) is 7.93. The van der Waals surface area contributed by atoms with Crippen molar-refractivity contribution in [3.8, 4) is 0 Å². The third-order valence-electron chi connectivity index (χ3n) is 11.7. The van der Waals surface area contributed by atoms with Crippen molar-refractivity contribution in [1.82, 2.24) is 0 Å². The molecule has 1 N–H and O–H groups in total.